The molecule has 0 aromatic carbocycles. The zero-order valence-electron chi connectivity index (χ0n) is 13.4. The van der Waals surface area contributed by atoms with E-state index in [1.165, 1.54) is 0 Å². The van der Waals surface area contributed by atoms with Gasteiger partial charge in [-0.1, -0.05) is 27.7 Å². The van der Waals surface area contributed by atoms with Crippen LogP contribution in [0.3, 0.4) is 0 Å². The second-order valence-corrected chi connectivity index (χ2v) is 6.29. The SMILES string of the molecule is CC(C)CCOC(C)(C)COCCNC(=O)C(C)C. The average Bonchev–Trinajstić information content (AvgIpc) is 2.27. The van der Waals surface area contributed by atoms with Crippen molar-refractivity contribution in [2.75, 3.05) is 26.4 Å². The molecule has 0 saturated carbocycles. The van der Waals surface area contributed by atoms with Crippen molar-refractivity contribution < 1.29 is 14.3 Å². The van der Waals surface area contributed by atoms with Gasteiger partial charge in [0.05, 0.1) is 18.8 Å². The average molecular weight is 273 g/mol. The van der Waals surface area contributed by atoms with Gasteiger partial charge in [0.1, 0.15) is 0 Å². The lowest BCUT2D eigenvalue weighted by Crippen LogP contribution is -2.34. The van der Waals surface area contributed by atoms with Crippen LogP contribution in [0.15, 0.2) is 0 Å². The topological polar surface area (TPSA) is 47.6 Å². The third-order valence-electron chi connectivity index (χ3n) is 2.71. The summed E-state index contributed by atoms with van der Waals surface area (Å²) in [5, 5.41) is 2.82. The molecule has 19 heavy (non-hydrogen) atoms. The fraction of sp³-hybridized carbons (Fsp3) is 0.933. The third kappa shape index (κ3) is 11.0. The lowest BCUT2D eigenvalue weighted by molar-refractivity contribution is -0.124. The first-order valence-corrected chi connectivity index (χ1v) is 7.24. The molecule has 0 saturated heterocycles. The number of rotatable bonds is 10. The molecule has 0 unspecified atom stereocenters. The van der Waals surface area contributed by atoms with Crippen molar-refractivity contribution in [1.82, 2.24) is 5.32 Å². The summed E-state index contributed by atoms with van der Waals surface area (Å²) in [4.78, 5) is 11.3. The molecule has 0 aliphatic carbocycles. The number of hydrogen-bond donors (Lipinski definition) is 1. The lowest BCUT2D eigenvalue weighted by Gasteiger charge is -2.25. The number of amides is 1. The van der Waals surface area contributed by atoms with E-state index in [1.807, 2.05) is 27.7 Å². The molecule has 4 heteroatoms. The van der Waals surface area contributed by atoms with Gasteiger partial charge >= 0.3 is 0 Å². The molecule has 0 fully saturated rings. The Morgan fingerprint density at radius 1 is 1.16 bits per heavy atom. The Morgan fingerprint density at radius 2 is 1.79 bits per heavy atom. The Balaban J connectivity index is 3.60. The highest BCUT2D eigenvalue weighted by Gasteiger charge is 2.18. The van der Waals surface area contributed by atoms with E-state index in [9.17, 15) is 4.79 Å². The molecular weight excluding hydrogens is 242 g/mol. The lowest BCUT2D eigenvalue weighted by atomic mass is 10.1. The largest absolute Gasteiger partial charge is 0.377 e. The Labute approximate surface area is 118 Å². The Bertz CT molecular complexity index is 250. The van der Waals surface area contributed by atoms with Crippen LogP contribution < -0.4 is 5.32 Å². The van der Waals surface area contributed by atoms with Gasteiger partial charge in [-0.05, 0) is 26.2 Å². The van der Waals surface area contributed by atoms with Gasteiger partial charge in [-0.25, -0.2) is 0 Å². The molecule has 4 nitrogen and oxygen atoms in total. The van der Waals surface area contributed by atoms with Gasteiger partial charge in [-0.15, -0.1) is 0 Å². The van der Waals surface area contributed by atoms with Crippen LogP contribution in [0.25, 0.3) is 0 Å². The number of nitrogens with one attached hydrogen (secondary N) is 1. The van der Waals surface area contributed by atoms with Crippen LogP contribution in [-0.4, -0.2) is 37.9 Å². The van der Waals surface area contributed by atoms with E-state index in [0.29, 0.717) is 25.7 Å². The zero-order valence-corrected chi connectivity index (χ0v) is 13.4. The van der Waals surface area contributed by atoms with Crippen molar-refractivity contribution >= 4 is 5.91 Å². The monoisotopic (exact) mass is 273 g/mol. The molecule has 0 aliphatic heterocycles. The number of carbonyl (C=O) groups is 1. The van der Waals surface area contributed by atoms with E-state index >= 15 is 0 Å². The van der Waals surface area contributed by atoms with E-state index in [4.69, 9.17) is 9.47 Å². The summed E-state index contributed by atoms with van der Waals surface area (Å²) in [6, 6.07) is 0. The molecule has 0 radical (unpaired) electrons. The zero-order chi connectivity index (χ0) is 14.9. The smallest absolute Gasteiger partial charge is 0.222 e. The minimum atomic E-state index is -0.267. The van der Waals surface area contributed by atoms with Crippen LogP contribution in [0.5, 0.6) is 0 Å². The molecule has 0 aromatic heterocycles. The Morgan fingerprint density at radius 3 is 2.32 bits per heavy atom. The maximum absolute atomic E-state index is 11.3. The minimum Gasteiger partial charge on any atom is -0.377 e. The van der Waals surface area contributed by atoms with Crippen molar-refractivity contribution in [2.24, 2.45) is 11.8 Å². The predicted octanol–water partition coefficient (Wildman–Crippen LogP) is 2.62. The van der Waals surface area contributed by atoms with Crippen molar-refractivity contribution in [3.8, 4) is 0 Å². The maximum Gasteiger partial charge on any atom is 0.222 e. The Kier molecular flexibility index (Phi) is 9.02. The highest BCUT2D eigenvalue weighted by Crippen LogP contribution is 2.11. The summed E-state index contributed by atoms with van der Waals surface area (Å²) in [7, 11) is 0. The summed E-state index contributed by atoms with van der Waals surface area (Å²) in [5.41, 5.74) is -0.267. The van der Waals surface area contributed by atoms with Gasteiger partial charge in [0, 0.05) is 19.1 Å². The van der Waals surface area contributed by atoms with Crippen molar-refractivity contribution in [3.05, 3.63) is 0 Å². The van der Waals surface area contributed by atoms with E-state index < -0.39 is 0 Å². The van der Waals surface area contributed by atoms with Crippen LogP contribution in [-0.2, 0) is 14.3 Å². The summed E-state index contributed by atoms with van der Waals surface area (Å²) >= 11 is 0. The van der Waals surface area contributed by atoms with Crippen LogP contribution >= 0.6 is 0 Å². The molecule has 0 spiro atoms. The molecule has 0 rings (SSSR count). The van der Waals surface area contributed by atoms with Crippen LogP contribution in [0.1, 0.15) is 48.0 Å². The van der Waals surface area contributed by atoms with Gasteiger partial charge in [-0.3, -0.25) is 4.79 Å². The van der Waals surface area contributed by atoms with Crippen molar-refractivity contribution in [2.45, 2.75) is 53.6 Å². The standard InChI is InChI=1S/C15H31NO3/c1-12(2)7-9-19-15(5,6)11-18-10-8-16-14(17)13(3)4/h12-13H,7-11H2,1-6H3,(H,16,17). The predicted molar refractivity (Wildman–Crippen MR) is 78.2 cm³/mol. The first-order valence-electron chi connectivity index (χ1n) is 7.24. The number of ether oxygens (including phenoxy) is 2. The Hall–Kier alpha value is -0.610. The molecule has 0 aromatic rings. The third-order valence-corrected chi connectivity index (χ3v) is 2.71. The highest BCUT2D eigenvalue weighted by atomic mass is 16.5. The molecule has 114 valence electrons. The molecular formula is C15H31NO3. The van der Waals surface area contributed by atoms with Crippen LogP contribution in [0, 0.1) is 11.8 Å². The van der Waals surface area contributed by atoms with Gasteiger partial charge in [0.15, 0.2) is 0 Å². The van der Waals surface area contributed by atoms with E-state index in [1.54, 1.807) is 0 Å². The molecule has 0 heterocycles. The fourth-order valence-corrected chi connectivity index (χ4v) is 1.38. The molecule has 0 bridgehead atoms. The van der Waals surface area contributed by atoms with E-state index in [0.717, 1.165) is 13.0 Å². The minimum absolute atomic E-state index is 0.0239. The summed E-state index contributed by atoms with van der Waals surface area (Å²) < 4.78 is 11.3. The van der Waals surface area contributed by atoms with Gasteiger partial charge in [0.2, 0.25) is 5.91 Å². The van der Waals surface area contributed by atoms with E-state index in [2.05, 4.69) is 19.2 Å². The van der Waals surface area contributed by atoms with Crippen molar-refractivity contribution in [1.29, 1.82) is 0 Å². The second-order valence-electron chi connectivity index (χ2n) is 6.29. The molecule has 1 amide bonds. The van der Waals surface area contributed by atoms with Gasteiger partial charge in [0.25, 0.3) is 0 Å². The normalized spacial score (nSPS) is 12.2. The number of carbonyl (C=O) groups excluding carboxylic acids is 1. The first-order chi connectivity index (χ1) is 8.74. The quantitative estimate of drug-likeness (QED) is 0.622. The van der Waals surface area contributed by atoms with Crippen molar-refractivity contribution in [3.63, 3.8) is 0 Å². The van der Waals surface area contributed by atoms with E-state index in [-0.39, 0.29) is 17.4 Å². The summed E-state index contributed by atoms with van der Waals surface area (Å²) in [5.74, 6) is 0.745. The highest BCUT2D eigenvalue weighted by molar-refractivity contribution is 5.77. The fourth-order valence-electron chi connectivity index (χ4n) is 1.38. The molecule has 0 atom stereocenters. The van der Waals surface area contributed by atoms with Crippen LogP contribution in [0.2, 0.25) is 0 Å². The van der Waals surface area contributed by atoms with Gasteiger partial charge in [-0.2, -0.15) is 0 Å². The summed E-state index contributed by atoms with van der Waals surface area (Å²) in [6.07, 6.45) is 1.06. The summed E-state index contributed by atoms with van der Waals surface area (Å²) in [6.45, 7) is 14.6. The first kappa shape index (κ1) is 18.4. The van der Waals surface area contributed by atoms with Crippen LogP contribution in [0.4, 0.5) is 0 Å². The van der Waals surface area contributed by atoms with Gasteiger partial charge < -0.3 is 14.8 Å². The maximum atomic E-state index is 11.3. The number of hydrogen-bond acceptors (Lipinski definition) is 3. The molecule has 0 aliphatic rings. The second kappa shape index (κ2) is 9.32. The molecule has 1 N–H and O–H groups in total.